The zero-order chi connectivity index (χ0) is 10.3. The molecule has 1 aromatic rings. The van der Waals surface area contributed by atoms with Gasteiger partial charge in [0, 0.05) is 17.8 Å². The van der Waals surface area contributed by atoms with E-state index < -0.39 is 0 Å². The molecule has 80 valence electrons. The Labute approximate surface area is 90.9 Å². The van der Waals surface area contributed by atoms with Crippen molar-refractivity contribution in [3.8, 4) is 0 Å². The predicted molar refractivity (Wildman–Crippen MR) is 62.8 cm³/mol. The molecule has 0 amide bonds. The number of nitrogens with two attached hydrogens (primary N) is 1. The molecule has 2 nitrogen and oxygen atoms in total. The SMILES string of the molecule is Nc1ccc2c(c1)CC(NC1CC1)CC2. The first kappa shape index (κ1) is 9.22. The van der Waals surface area contributed by atoms with E-state index in [9.17, 15) is 0 Å². The van der Waals surface area contributed by atoms with E-state index in [4.69, 9.17) is 5.73 Å². The number of hydrogen-bond donors (Lipinski definition) is 2. The van der Waals surface area contributed by atoms with Gasteiger partial charge in [0.2, 0.25) is 0 Å². The highest BCUT2D eigenvalue weighted by molar-refractivity contribution is 5.46. The predicted octanol–water partition coefficient (Wildman–Crippen LogP) is 1.88. The summed E-state index contributed by atoms with van der Waals surface area (Å²) in [5.74, 6) is 0. The zero-order valence-corrected chi connectivity index (χ0v) is 9.00. The zero-order valence-electron chi connectivity index (χ0n) is 9.00. The minimum Gasteiger partial charge on any atom is -0.399 e. The molecule has 2 aliphatic rings. The third-order valence-corrected chi connectivity index (χ3v) is 3.51. The summed E-state index contributed by atoms with van der Waals surface area (Å²) in [6, 6.07) is 7.87. The van der Waals surface area contributed by atoms with Crippen molar-refractivity contribution in [1.82, 2.24) is 5.32 Å². The van der Waals surface area contributed by atoms with Gasteiger partial charge in [-0.1, -0.05) is 6.07 Å². The lowest BCUT2D eigenvalue weighted by Crippen LogP contribution is -2.35. The summed E-state index contributed by atoms with van der Waals surface area (Å²) in [4.78, 5) is 0. The van der Waals surface area contributed by atoms with E-state index >= 15 is 0 Å². The van der Waals surface area contributed by atoms with Gasteiger partial charge < -0.3 is 11.1 Å². The highest BCUT2D eigenvalue weighted by atomic mass is 15.0. The third-order valence-electron chi connectivity index (χ3n) is 3.51. The van der Waals surface area contributed by atoms with Crippen molar-refractivity contribution in [3.05, 3.63) is 29.3 Å². The molecule has 1 saturated carbocycles. The van der Waals surface area contributed by atoms with Crippen LogP contribution in [-0.4, -0.2) is 12.1 Å². The molecular formula is C13H18N2. The van der Waals surface area contributed by atoms with Crippen molar-refractivity contribution >= 4 is 5.69 Å². The molecule has 1 fully saturated rings. The second-order valence-electron chi connectivity index (χ2n) is 4.91. The molecule has 0 aliphatic heterocycles. The quantitative estimate of drug-likeness (QED) is 0.719. The molecule has 0 heterocycles. The minimum absolute atomic E-state index is 0.687. The fourth-order valence-corrected chi connectivity index (χ4v) is 2.50. The van der Waals surface area contributed by atoms with Crippen LogP contribution in [0.4, 0.5) is 5.69 Å². The molecule has 0 spiro atoms. The Bertz CT molecular complexity index is 369. The van der Waals surface area contributed by atoms with E-state index in [2.05, 4.69) is 17.4 Å². The summed E-state index contributed by atoms with van der Waals surface area (Å²) in [6.07, 6.45) is 6.41. The number of fused-ring (bicyclic) bond motifs is 1. The van der Waals surface area contributed by atoms with E-state index in [0.717, 1.165) is 18.2 Å². The van der Waals surface area contributed by atoms with Crippen LogP contribution in [0.5, 0.6) is 0 Å². The van der Waals surface area contributed by atoms with E-state index in [1.165, 1.54) is 36.8 Å². The summed E-state index contributed by atoms with van der Waals surface area (Å²) in [6.45, 7) is 0. The highest BCUT2D eigenvalue weighted by Gasteiger charge is 2.26. The van der Waals surface area contributed by atoms with Crippen LogP contribution in [0.1, 0.15) is 30.4 Å². The minimum atomic E-state index is 0.687. The van der Waals surface area contributed by atoms with Crippen molar-refractivity contribution in [1.29, 1.82) is 0 Å². The Morgan fingerprint density at radius 2 is 1.93 bits per heavy atom. The largest absolute Gasteiger partial charge is 0.399 e. The molecule has 3 rings (SSSR count). The van der Waals surface area contributed by atoms with Gasteiger partial charge in [0.15, 0.2) is 0 Å². The molecule has 3 N–H and O–H groups in total. The second-order valence-corrected chi connectivity index (χ2v) is 4.91. The number of anilines is 1. The molecule has 15 heavy (non-hydrogen) atoms. The Morgan fingerprint density at radius 1 is 1.07 bits per heavy atom. The Morgan fingerprint density at radius 3 is 2.73 bits per heavy atom. The summed E-state index contributed by atoms with van der Waals surface area (Å²) in [7, 11) is 0. The normalized spacial score (nSPS) is 24.9. The van der Waals surface area contributed by atoms with E-state index in [-0.39, 0.29) is 0 Å². The summed E-state index contributed by atoms with van der Waals surface area (Å²) in [5, 5.41) is 3.71. The standard InChI is InChI=1S/C13H18N2/c14-11-3-1-9-2-4-13(8-10(9)7-11)15-12-5-6-12/h1,3,7,12-13,15H,2,4-6,8,14H2. The molecule has 0 aromatic heterocycles. The van der Waals surface area contributed by atoms with Gasteiger partial charge in [-0.2, -0.15) is 0 Å². The average molecular weight is 202 g/mol. The summed E-state index contributed by atoms with van der Waals surface area (Å²) >= 11 is 0. The molecule has 2 heteroatoms. The number of nitrogens with one attached hydrogen (secondary N) is 1. The average Bonchev–Trinajstić information content (AvgIpc) is 3.01. The summed E-state index contributed by atoms with van der Waals surface area (Å²) in [5.41, 5.74) is 9.68. The number of hydrogen-bond acceptors (Lipinski definition) is 2. The first-order valence-electron chi connectivity index (χ1n) is 5.94. The van der Waals surface area contributed by atoms with Crippen LogP contribution in [0.15, 0.2) is 18.2 Å². The number of nitrogen functional groups attached to an aromatic ring is 1. The second kappa shape index (κ2) is 3.53. The van der Waals surface area contributed by atoms with Gasteiger partial charge in [-0.3, -0.25) is 0 Å². The van der Waals surface area contributed by atoms with Crippen molar-refractivity contribution in [2.75, 3.05) is 5.73 Å². The van der Waals surface area contributed by atoms with Crippen molar-refractivity contribution in [2.45, 2.75) is 44.2 Å². The maximum absolute atomic E-state index is 5.82. The van der Waals surface area contributed by atoms with Crippen LogP contribution < -0.4 is 11.1 Å². The Balaban J connectivity index is 1.75. The van der Waals surface area contributed by atoms with Gasteiger partial charge in [0.05, 0.1) is 0 Å². The molecule has 2 aliphatic carbocycles. The van der Waals surface area contributed by atoms with Gasteiger partial charge in [0.25, 0.3) is 0 Å². The number of benzene rings is 1. The first-order chi connectivity index (χ1) is 7.31. The van der Waals surface area contributed by atoms with Gasteiger partial charge in [-0.15, -0.1) is 0 Å². The molecule has 0 saturated heterocycles. The van der Waals surface area contributed by atoms with Gasteiger partial charge in [-0.25, -0.2) is 0 Å². The van der Waals surface area contributed by atoms with Gasteiger partial charge in [-0.05, 0) is 55.4 Å². The number of aryl methyl sites for hydroxylation is 1. The van der Waals surface area contributed by atoms with Crippen LogP contribution in [0, 0.1) is 0 Å². The first-order valence-corrected chi connectivity index (χ1v) is 5.94. The fraction of sp³-hybridized carbons (Fsp3) is 0.538. The third kappa shape index (κ3) is 2.00. The van der Waals surface area contributed by atoms with E-state index in [1.54, 1.807) is 0 Å². The number of rotatable bonds is 2. The highest BCUT2D eigenvalue weighted by Crippen LogP contribution is 2.26. The molecular weight excluding hydrogens is 184 g/mol. The molecule has 1 atom stereocenters. The van der Waals surface area contributed by atoms with Crippen LogP contribution in [0.2, 0.25) is 0 Å². The lowest BCUT2D eigenvalue weighted by molar-refractivity contribution is 0.456. The van der Waals surface area contributed by atoms with Crippen molar-refractivity contribution < 1.29 is 0 Å². The van der Waals surface area contributed by atoms with Gasteiger partial charge in [0.1, 0.15) is 0 Å². The maximum Gasteiger partial charge on any atom is 0.0316 e. The summed E-state index contributed by atoms with van der Waals surface area (Å²) < 4.78 is 0. The lowest BCUT2D eigenvalue weighted by atomic mass is 9.88. The smallest absolute Gasteiger partial charge is 0.0316 e. The van der Waals surface area contributed by atoms with Crippen LogP contribution in [0.3, 0.4) is 0 Å². The fourth-order valence-electron chi connectivity index (χ4n) is 2.50. The van der Waals surface area contributed by atoms with Gasteiger partial charge >= 0.3 is 0 Å². The molecule has 1 unspecified atom stereocenters. The maximum atomic E-state index is 5.82. The monoisotopic (exact) mass is 202 g/mol. The molecule has 0 bridgehead atoms. The van der Waals surface area contributed by atoms with Crippen molar-refractivity contribution in [2.24, 2.45) is 0 Å². The molecule has 1 aromatic carbocycles. The molecule has 0 radical (unpaired) electrons. The Hall–Kier alpha value is -1.02. The van der Waals surface area contributed by atoms with Crippen LogP contribution >= 0.6 is 0 Å². The Kier molecular flexibility index (Phi) is 2.17. The lowest BCUT2D eigenvalue weighted by Gasteiger charge is -2.25. The van der Waals surface area contributed by atoms with E-state index in [0.29, 0.717) is 6.04 Å². The van der Waals surface area contributed by atoms with Crippen molar-refractivity contribution in [3.63, 3.8) is 0 Å². The van der Waals surface area contributed by atoms with E-state index in [1.807, 2.05) is 6.07 Å². The topological polar surface area (TPSA) is 38.0 Å². The van der Waals surface area contributed by atoms with Crippen LogP contribution in [0.25, 0.3) is 0 Å². The van der Waals surface area contributed by atoms with Crippen LogP contribution in [-0.2, 0) is 12.8 Å².